The highest BCUT2D eigenvalue weighted by molar-refractivity contribution is 7.14. The predicted molar refractivity (Wildman–Crippen MR) is 92.3 cm³/mol. The molecule has 5 heteroatoms. The number of rotatable bonds is 3. The fourth-order valence-corrected chi connectivity index (χ4v) is 5.33. The largest absolute Gasteiger partial charge is 0.379 e. The molecule has 0 bridgehead atoms. The third-order valence-electron chi connectivity index (χ3n) is 5.42. The lowest BCUT2D eigenvalue weighted by Gasteiger charge is -2.39. The average Bonchev–Trinajstić information content (AvgIpc) is 3.17. The fourth-order valence-electron chi connectivity index (χ4n) is 4.12. The van der Waals surface area contributed by atoms with Crippen molar-refractivity contribution in [1.82, 2.24) is 9.80 Å². The van der Waals surface area contributed by atoms with Gasteiger partial charge in [0.1, 0.15) is 0 Å². The number of amides is 1. The van der Waals surface area contributed by atoms with Crippen molar-refractivity contribution in [3.63, 3.8) is 0 Å². The first-order chi connectivity index (χ1) is 11.3. The van der Waals surface area contributed by atoms with Crippen LogP contribution in [0.2, 0.25) is 0 Å². The Bertz CT molecular complexity index is 544. The van der Waals surface area contributed by atoms with E-state index in [4.69, 9.17) is 4.74 Å². The van der Waals surface area contributed by atoms with Crippen molar-refractivity contribution in [3.8, 4) is 0 Å². The summed E-state index contributed by atoms with van der Waals surface area (Å²) in [5, 5.41) is 0. The van der Waals surface area contributed by atoms with Crippen LogP contribution in [0, 0.1) is 0 Å². The second kappa shape index (κ2) is 6.91. The summed E-state index contributed by atoms with van der Waals surface area (Å²) in [5.41, 5.74) is 1.43. The first kappa shape index (κ1) is 15.6. The van der Waals surface area contributed by atoms with Gasteiger partial charge in [0.25, 0.3) is 5.91 Å². The molecule has 1 aromatic rings. The fraction of sp³-hybridized carbons (Fsp3) is 0.722. The van der Waals surface area contributed by atoms with Gasteiger partial charge in [-0.1, -0.05) is 0 Å². The molecular weight excluding hydrogens is 308 g/mol. The van der Waals surface area contributed by atoms with Gasteiger partial charge in [-0.25, -0.2) is 0 Å². The number of piperidine rings is 1. The number of carbonyl (C=O) groups excluding carboxylic acids is 1. The molecule has 1 aliphatic carbocycles. The quantitative estimate of drug-likeness (QED) is 0.852. The zero-order valence-electron chi connectivity index (χ0n) is 13.8. The van der Waals surface area contributed by atoms with Crippen LogP contribution in [0.5, 0.6) is 0 Å². The topological polar surface area (TPSA) is 32.8 Å². The number of nitrogens with zero attached hydrogens (tertiary/aromatic N) is 2. The van der Waals surface area contributed by atoms with Crippen molar-refractivity contribution in [2.75, 3.05) is 39.4 Å². The molecule has 0 spiro atoms. The summed E-state index contributed by atoms with van der Waals surface area (Å²) in [6.45, 7) is 5.62. The second-order valence-electron chi connectivity index (χ2n) is 6.97. The predicted octanol–water partition coefficient (Wildman–Crippen LogP) is 2.56. The molecule has 3 heterocycles. The van der Waals surface area contributed by atoms with Crippen LogP contribution < -0.4 is 0 Å². The lowest BCUT2D eigenvalue weighted by molar-refractivity contribution is 0.0167. The first-order valence-electron chi connectivity index (χ1n) is 9.04. The van der Waals surface area contributed by atoms with Crippen molar-refractivity contribution < 1.29 is 9.53 Å². The highest BCUT2D eigenvalue weighted by Crippen LogP contribution is 2.32. The third-order valence-corrected chi connectivity index (χ3v) is 6.64. The van der Waals surface area contributed by atoms with Gasteiger partial charge in [0.2, 0.25) is 0 Å². The van der Waals surface area contributed by atoms with Gasteiger partial charge in [0.05, 0.1) is 18.1 Å². The minimum Gasteiger partial charge on any atom is -0.379 e. The van der Waals surface area contributed by atoms with Crippen LogP contribution in [-0.2, 0) is 17.6 Å². The third kappa shape index (κ3) is 3.32. The minimum atomic E-state index is 0.280. The van der Waals surface area contributed by atoms with E-state index in [1.54, 1.807) is 11.3 Å². The summed E-state index contributed by atoms with van der Waals surface area (Å²) >= 11 is 1.75. The Hall–Kier alpha value is -0.910. The van der Waals surface area contributed by atoms with Crippen LogP contribution >= 0.6 is 11.3 Å². The Balaban J connectivity index is 1.46. The molecule has 1 aromatic heterocycles. The van der Waals surface area contributed by atoms with Gasteiger partial charge >= 0.3 is 0 Å². The van der Waals surface area contributed by atoms with Crippen molar-refractivity contribution in [2.45, 2.75) is 44.6 Å². The van der Waals surface area contributed by atoms with E-state index in [9.17, 15) is 4.79 Å². The minimum absolute atomic E-state index is 0.280. The van der Waals surface area contributed by atoms with Crippen molar-refractivity contribution >= 4 is 17.2 Å². The van der Waals surface area contributed by atoms with Crippen LogP contribution in [0.4, 0.5) is 0 Å². The molecule has 0 N–H and O–H groups in total. The molecule has 2 fully saturated rings. The number of thiophene rings is 1. The van der Waals surface area contributed by atoms with Crippen molar-refractivity contribution in [3.05, 3.63) is 21.4 Å². The summed E-state index contributed by atoms with van der Waals surface area (Å²) in [5.74, 6) is 0.280. The zero-order chi connectivity index (χ0) is 15.6. The maximum atomic E-state index is 13.1. The Morgan fingerprint density at radius 2 is 2.04 bits per heavy atom. The smallest absolute Gasteiger partial charge is 0.264 e. The van der Waals surface area contributed by atoms with Crippen LogP contribution in [0.3, 0.4) is 0 Å². The van der Waals surface area contributed by atoms with E-state index in [2.05, 4.69) is 15.9 Å². The standard InChI is InChI=1S/C18H26N2O2S/c21-18(17-12-14-4-3-6-16(14)23-17)20-7-2-1-5-15(20)13-19-8-10-22-11-9-19/h12,15H,1-11,13H2. The van der Waals surface area contributed by atoms with E-state index in [-0.39, 0.29) is 5.91 Å². The van der Waals surface area contributed by atoms with Crippen LogP contribution in [0.15, 0.2) is 6.07 Å². The highest BCUT2D eigenvalue weighted by atomic mass is 32.1. The molecule has 0 saturated carbocycles. The number of ether oxygens (including phenoxy) is 1. The molecule has 4 nitrogen and oxygen atoms in total. The number of morpholine rings is 1. The molecule has 1 atom stereocenters. The summed E-state index contributed by atoms with van der Waals surface area (Å²) < 4.78 is 5.45. The molecule has 2 aliphatic heterocycles. The zero-order valence-corrected chi connectivity index (χ0v) is 14.6. The van der Waals surface area contributed by atoms with Gasteiger partial charge in [-0.05, 0) is 50.2 Å². The number of likely N-dealkylation sites (tertiary alicyclic amines) is 1. The number of hydrogen-bond acceptors (Lipinski definition) is 4. The van der Waals surface area contributed by atoms with Crippen LogP contribution in [0.25, 0.3) is 0 Å². The van der Waals surface area contributed by atoms with Gasteiger partial charge in [-0.2, -0.15) is 0 Å². The van der Waals surface area contributed by atoms with Gasteiger partial charge in [0.15, 0.2) is 0 Å². The number of hydrogen-bond donors (Lipinski definition) is 0. The summed E-state index contributed by atoms with van der Waals surface area (Å²) in [7, 11) is 0. The molecule has 1 unspecified atom stereocenters. The SMILES string of the molecule is O=C(c1cc2c(s1)CCC2)N1CCCCC1CN1CCOCC1. The van der Waals surface area contributed by atoms with E-state index in [0.29, 0.717) is 6.04 Å². The van der Waals surface area contributed by atoms with Gasteiger partial charge in [-0.15, -0.1) is 11.3 Å². The molecule has 0 radical (unpaired) electrons. The monoisotopic (exact) mass is 334 g/mol. The lowest BCUT2D eigenvalue weighted by Crippen LogP contribution is -2.51. The molecule has 2 saturated heterocycles. The summed E-state index contributed by atoms with van der Waals surface area (Å²) in [6, 6.07) is 2.56. The Kier molecular flexibility index (Phi) is 4.69. The van der Waals surface area contributed by atoms with Crippen molar-refractivity contribution in [2.24, 2.45) is 0 Å². The number of fused-ring (bicyclic) bond motifs is 1. The normalized spacial score (nSPS) is 25.6. The number of carbonyl (C=O) groups is 1. The van der Waals surface area contributed by atoms with E-state index in [1.807, 2.05) is 0 Å². The Morgan fingerprint density at radius 3 is 2.87 bits per heavy atom. The number of aryl methyl sites for hydroxylation is 2. The van der Waals surface area contributed by atoms with E-state index >= 15 is 0 Å². The van der Waals surface area contributed by atoms with Crippen molar-refractivity contribution in [1.29, 1.82) is 0 Å². The summed E-state index contributed by atoms with van der Waals surface area (Å²) in [6.07, 6.45) is 7.14. The van der Waals surface area contributed by atoms with Crippen LogP contribution in [-0.4, -0.2) is 61.1 Å². The highest BCUT2D eigenvalue weighted by Gasteiger charge is 2.31. The maximum absolute atomic E-state index is 13.1. The van der Waals surface area contributed by atoms with E-state index in [1.165, 1.54) is 29.7 Å². The maximum Gasteiger partial charge on any atom is 0.264 e. The Morgan fingerprint density at radius 1 is 1.17 bits per heavy atom. The second-order valence-corrected chi connectivity index (χ2v) is 8.11. The molecule has 126 valence electrons. The molecule has 23 heavy (non-hydrogen) atoms. The molecular formula is C18H26N2O2S. The lowest BCUT2D eigenvalue weighted by atomic mass is 10.0. The van der Waals surface area contributed by atoms with E-state index < -0.39 is 0 Å². The molecule has 1 amide bonds. The Labute approximate surface area is 142 Å². The van der Waals surface area contributed by atoms with Gasteiger partial charge in [-0.3, -0.25) is 9.69 Å². The van der Waals surface area contributed by atoms with Crippen LogP contribution in [0.1, 0.15) is 45.8 Å². The van der Waals surface area contributed by atoms with E-state index in [0.717, 1.165) is 63.5 Å². The molecule has 4 rings (SSSR count). The van der Waals surface area contributed by atoms with Gasteiger partial charge < -0.3 is 9.64 Å². The van der Waals surface area contributed by atoms with Gasteiger partial charge in [0, 0.05) is 37.1 Å². The first-order valence-corrected chi connectivity index (χ1v) is 9.85. The average molecular weight is 334 g/mol. The molecule has 0 aromatic carbocycles. The molecule has 3 aliphatic rings. The summed E-state index contributed by atoms with van der Waals surface area (Å²) in [4.78, 5) is 20.1.